The van der Waals surface area contributed by atoms with Gasteiger partial charge in [0.2, 0.25) is 0 Å². The Morgan fingerprint density at radius 3 is 2.72 bits per heavy atom. The summed E-state index contributed by atoms with van der Waals surface area (Å²) in [5.41, 5.74) is 4.11. The van der Waals surface area contributed by atoms with Crippen molar-refractivity contribution in [1.29, 1.82) is 0 Å². The predicted octanol–water partition coefficient (Wildman–Crippen LogP) is 4.40. The maximum atomic E-state index is 12.2. The molecule has 29 heavy (non-hydrogen) atoms. The Morgan fingerprint density at radius 2 is 1.97 bits per heavy atom. The minimum absolute atomic E-state index is 0.0911. The van der Waals surface area contributed by atoms with Crippen molar-refractivity contribution in [3.63, 3.8) is 0 Å². The van der Waals surface area contributed by atoms with Crippen molar-refractivity contribution in [1.82, 2.24) is 5.43 Å². The molecule has 0 heterocycles. The van der Waals surface area contributed by atoms with Crippen molar-refractivity contribution < 1.29 is 19.4 Å². The molecule has 0 unspecified atom stereocenters. The van der Waals surface area contributed by atoms with Gasteiger partial charge in [-0.15, -0.1) is 0 Å². The number of methoxy groups -OCH3 is 1. The summed E-state index contributed by atoms with van der Waals surface area (Å²) in [6, 6.07) is 19.1. The van der Waals surface area contributed by atoms with Crippen molar-refractivity contribution >= 4 is 23.7 Å². The van der Waals surface area contributed by atoms with Gasteiger partial charge in [-0.2, -0.15) is 5.10 Å². The highest BCUT2D eigenvalue weighted by Crippen LogP contribution is 2.23. The summed E-state index contributed by atoms with van der Waals surface area (Å²) in [7, 11) is 1.48. The highest BCUT2D eigenvalue weighted by molar-refractivity contribution is 6.30. The van der Waals surface area contributed by atoms with E-state index in [1.165, 1.54) is 25.5 Å². The largest absolute Gasteiger partial charge is 0.507 e. The number of amides is 1. The minimum Gasteiger partial charge on any atom is -0.507 e. The van der Waals surface area contributed by atoms with Crippen LogP contribution in [0.1, 0.15) is 21.5 Å². The maximum Gasteiger partial charge on any atom is 0.275 e. The van der Waals surface area contributed by atoms with E-state index in [0.717, 1.165) is 5.56 Å². The number of phenols is 1. The van der Waals surface area contributed by atoms with E-state index in [4.69, 9.17) is 21.1 Å². The van der Waals surface area contributed by atoms with Crippen LogP contribution in [0.25, 0.3) is 0 Å². The average Bonchev–Trinajstić information content (AvgIpc) is 2.73. The van der Waals surface area contributed by atoms with Crippen molar-refractivity contribution in [2.24, 2.45) is 5.10 Å². The summed E-state index contributed by atoms with van der Waals surface area (Å²) in [5, 5.41) is 14.5. The number of aromatic hydroxyl groups is 1. The number of rotatable bonds is 7. The number of nitrogens with one attached hydrogen (secondary N) is 1. The third kappa shape index (κ3) is 5.49. The molecule has 3 aromatic carbocycles. The molecule has 3 aromatic rings. The van der Waals surface area contributed by atoms with Crippen molar-refractivity contribution in [2.75, 3.05) is 7.11 Å². The number of hydrazone groups is 1. The number of hydrogen-bond donors (Lipinski definition) is 2. The van der Waals surface area contributed by atoms with E-state index in [2.05, 4.69) is 10.5 Å². The van der Waals surface area contributed by atoms with Crippen molar-refractivity contribution in [2.45, 2.75) is 6.61 Å². The fourth-order valence-corrected chi connectivity index (χ4v) is 2.77. The smallest absolute Gasteiger partial charge is 0.275 e. The number of benzene rings is 3. The molecule has 0 aromatic heterocycles. The van der Waals surface area contributed by atoms with Crippen molar-refractivity contribution in [3.05, 3.63) is 88.4 Å². The molecule has 2 N–H and O–H groups in total. The van der Waals surface area contributed by atoms with Gasteiger partial charge in [0.1, 0.15) is 23.9 Å². The van der Waals surface area contributed by atoms with Gasteiger partial charge in [0.15, 0.2) is 0 Å². The molecule has 6 nitrogen and oxygen atoms in total. The van der Waals surface area contributed by atoms with Gasteiger partial charge in [0, 0.05) is 16.7 Å². The second kappa shape index (κ2) is 9.61. The molecular weight excluding hydrogens is 392 g/mol. The number of para-hydroxylation sites is 1. The first-order valence-electron chi connectivity index (χ1n) is 8.73. The molecule has 0 aliphatic rings. The number of nitrogens with zero attached hydrogens (tertiary/aromatic N) is 1. The van der Waals surface area contributed by atoms with Crippen LogP contribution < -0.4 is 14.9 Å². The van der Waals surface area contributed by atoms with Crippen LogP contribution in [0.5, 0.6) is 17.2 Å². The van der Waals surface area contributed by atoms with E-state index >= 15 is 0 Å². The van der Waals surface area contributed by atoms with E-state index in [0.29, 0.717) is 28.7 Å². The molecule has 0 spiro atoms. The van der Waals surface area contributed by atoms with Gasteiger partial charge in [-0.3, -0.25) is 4.79 Å². The summed E-state index contributed by atoms with van der Waals surface area (Å²) >= 11 is 5.99. The molecule has 3 rings (SSSR count). The quantitative estimate of drug-likeness (QED) is 0.447. The van der Waals surface area contributed by atoms with Gasteiger partial charge in [-0.25, -0.2) is 5.43 Å². The maximum absolute atomic E-state index is 12.2. The molecule has 1 amide bonds. The Morgan fingerprint density at radius 1 is 1.14 bits per heavy atom. The van der Waals surface area contributed by atoms with Crippen LogP contribution in [0.15, 0.2) is 71.8 Å². The number of carbonyl (C=O) groups excluding carboxylic acids is 1. The fraction of sp³-hybridized carbons (Fsp3) is 0.0909. The molecule has 0 fully saturated rings. The Hall–Kier alpha value is -3.51. The van der Waals surface area contributed by atoms with Crippen LogP contribution >= 0.6 is 11.6 Å². The lowest BCUT2D eigenvalue weighted by atomic mass is 10.2. The van der Waals surface area contributed by atoms with Crippen LogP contribution in [0, 0.1) is 0 Å². The first-order chi connectivity index (χ1) is 14.1. The zero-order valence-electron chi connectivity index (χ0n) is 15.6. The molecule has 0 radical (unpaired) electrons. The Bertz CT molecular complexity index is 1040. The molecule has 7 heteroatoms. The third-order valence-corrected chi connectivity index (χ3v) is 4.26. The Balaban J connectivity index is 1.65. The second-order valence-electron chi connectivity index (χ2n) is 6.04. The highest BCUT2D eigenvalue weighted by Gasteiger charge is 2.11. The van der Waals surface area contributed by atoms with E-state index < -0.39 is 5.91 Å². The summed E-state index contributed by atoms with van der Waals surface area (Å²) in [4.78, 5) is 12.2. The Kier molecular flexibility index (Phi) is 6.71. The van der Waals surface area contributed by atoms with E-state index in [-0.39, 0.29) is 11.3 Å². The van der Waals surface area contributed by atoms with Gasteiger partial charge < -0.3 is 14.6 Å². The minimum atomic E-state index is -0.543. The van der Waals surface area contributed by atoms with Crippen molar-refractivity contribution in [3.8, 4) is 17.2 Å². The number of halogens is 1. The van der Waals surface area contributed by atoms with Crippen LogP contribution in [0.3, 0.4) is 0 Å². The molecule has 148 valence electrons. The van der Waals surface area contributed by atoms with Gasteiger partial charge in [0.05, 0.1) is 18.9 Å². The third-order valence-electron chi connectivity index (χ3n) is 4.02. The summed E-state index contributed by atoms with van der Waals surface area (Å²) in [5.74, 6) is 0.326. The van der Waals surface area contributed by atoms with Gasteiger partial charge in [-0.1, -0.05) is 35.9 Å². The lowest BCUT2D eigenvalue weighted by Gasteiger charge is -2.09. The van der Waals surface area contributed by atoms with Gasteiger partial charge in [-0.05, 0) is 42.0 Å². The summed E-state index contributed by atoms with van der Waals surface area (Å²) in [6.45, 7) is 0.345. The first kappa shape index (κ1) is 20.2. The summed E-state index contributed by atoms with van der Waals surface area (Å²) < 4.78 is 10.8. The topological polar surface area (TPSA) is 80.2 Å². The van der Waals surface area contributed by atoms with Crippen LogP contribution in [-0.2, 0) is 6.61 Å². The zero-order valence-corrected chi connectivity index (χ0v) is 16.4. The summed E-state index contributed by atoms with van der Waals surface area (Å²) in [6.07, 6.45) is 1.48. The van der Waals surface area contributed by atoms with Crippen LogP contribution in [-0.4, -0.2) is 24.3 Å². The van der Waals surface area contributed by atoms with Crippen LogP contribution in [0.4, 0.5) is 0 Å². The average molecular weight is 411 g/mol. The predicted molar refractivity (Wildman–Crippen MR) is 112 cm³/mol. The fourth-order valence-electron chi connectivity index (χ4n) is 2.56. The number of phenolic OH excluding ortho intramolecular Hbond substituents is 1. The Labute approximate surface area is 173 Å². The standard InChI is InChI=1S/C22H19ClN2O4/c1-28-18-9-10-19(20(26)12-18)22(27)25-24-13-16-6-2-3-8-21(16)29-14-15-5-4-7-17(23)11-15/h2-13,26H,14H2,1H3,(H,25,27)/b24-13-. The second-order valence-corrected chi connectivity index (χ2v) is 6.48. The molecule has 0 atom stereocenters. The normalized spacial score (nSPS) is 10.7. The molecule has 0 bridgehead atoms. The molecule has 0 aliphatic heterocycles. The monoisotopic (exact) mass is 410 g/mol. The van der Waals surface area contributed by atoms with Gasteiger partial charge >= 0.3 is 0 Å². The molecule has 0 saturated carbocycles. The lowest BCUT2D eigenvalue weighted by molar-refractivity contribution is 0.0952. The number of carbonyl (C=O) groups is 1. The lowest BCUT2D eigenvalue weighted by Crippen LogP contribution is -2.17. The number of ether oxygens (including phenoxy) is 2. The van der Waals surface area contributed by atoms with E-state index in [1.807, 2.05) is 42.5 Å². The SMILES string of the molecule is COc1ccc(C(=O)N/N=C\c2ccccc2OCc2cccc(Cl)c2)c(O)c1. The van der Waals surface area contributed by atoms with E-state index in [1.54, 1.807) is 12.1 Å². The molecule has 0 saturated heterocycles. The number of hydrogen-bond acceptors (Lipinski definition) is 5. The van der Waals surface area contributed by atoms with Crippen LogP contribution in [0.2, 0.25) is 5.02 Å². The highest BCUT2D eigenvalue weighted by atomic mass is 35.5. The zero-order chi connectivity index (χ0) is 20.6. The molecule has 0 aliphatic carbocycles. The molecular formula is C22H19ClN2O4. The van der Waals surface area contributed by atoms with E-state index in [9.17, 15) is 9.90 Å². The first-order valence-corrected chi connectivity index (χ1v) is 9.11. The van der Waals surface area contributed by atoms with Gasteiger partial charge in [0.25, 0.3) is 5.91 Å².